The minimum atomic E-state index is -0.601. The number of carbonyl (C=O) groups excluding carboxylic acids is 2. The maximum absolute atomic E-state index is 12.8. The van der Waals surface area contributed by atoms with Crippen molar-refractivity contribution in [2.45, 2.75) is 26.4 Å². The average molecular weight is 430 g/mol. The Morgan fingerprint density at radius 2 is 1.77 bits per heavy atom. The number of hydrogen-bond acceptors (Lipinski definition) is 4. The first kappa shape index (κ1) is 21.9. The highest BCUT2D eigenvalue weighted by Gasteiger charge is 2.28. The summed E-state index contributed by atoms with van der Waals surface area (Å²) in [6, 6.07) is 12.4. The summed E-state index contributed by atoms with van der Waals surface area (Å²) in [5, 5.41) is 6.48. The number of benzene rings is 1. The van der Waals surface area contributed by atoms with E-state index in [2.05, 4.69) is 20.5 Å². The molecule has 3 amide bonds. The van der Waals surface area contributed by atoms with E-state index in [-0.39, 0.29) is 17.9 Å². The minimum absolute atomic E-state index is 0.0342. The summed E-state index contributed by atoms with van der Waals surface area (Å²) in [5.41, 5.74) is 1.87. The molecular formula is C22H28ClN5O2. The lowest BCUT2D eigenvalue weighted by Gasteiger charge is -2.37. The number of carbonyl (C=O) groups is 2. The van der Waals surface area contributed by atoms with Gasteiger partial charge in [0.15, 0.2) is 0 Å². The molecule has 2 N–H and O–H groups in total. The molecule has 2 heterocycles. The average Bonchev–Trinajstić information content (AvgIpc) is 2.77. The van der Waals surface area contributed by atoms with Gasteiger partial charge in [0.25, 0.3) is 0 Å². The van der Waals surface area contributed by atoms with Gasteiger partial charge in [0.2, 0.25) is 5.91 Å². The molecule has 160 valence electrons. The van der Waals surface area contributed by atoms with E-state index in [1.165, 1.54) is 0 Å². The number of rotatable bonds is 6. The molecule has 0 unspecified atom stereocenters. The fourth-order valence-corrected chi connectivity index (χ4v) is 3.50. The molecule has 7 nitrogen and oxygen atoms in total. The monoisotopic (exact) mass is 429 g/mol. The molecule has 0 spiro atoms. The van der Waals surface area contributed by atoms with E-state index in [9.17, 15) is 9.59 Å². The fraction of sp³-hybridized carbons (Fsp3) is 0.409. The highest BCUT2D eigenvalue weighted by Crippen LogP contribution is 2.19. The highest BCUT2D eigenvalue weighted by molar-refractivity contribution is 6.30. The molecular weight excluding hydrogens is 402 g/mol. The van der Waals surface area contributed by atoms with Gasteiger partial charge in [-0.1, -0.05) is 31.5 Å². The number of amides is 3. The summed E-state index contributed by atoms with van der Waals surface area (Å²) in [6.45, 7) is 6.82. The van der Waals surface area contributed by atoms with Crippen LogP contribution < -0.4 is 15.5 Å². The predicted octanol–water partition coefficient (Wildman–Crippen LogP) is 2.91. The number of nitrogens with zero attached hydrogens (tertiary/aromatic N) is 3. The largest absolute Gasteiger partial charge is 0.368 e. The van der Waals surface area contributed by atoms with E-state index in [4.69, 9.17) is 11.6 Å². The third-order valence-electron chi connectivity index (χ3n) is 5.16. The molecule has 1 fully saturated rings. The van der Waals surface area contributed by atoms with Gasteiger partial charge in [-0.05, 0) is 42.3 Å². The van der Waals surface area contributed by atoms with E-state index >= 15 is 0 Å². The van der Waals surface area contributed by atoms with Gasteiger partial charge >= 0.3 is 6.03 Å². The quantitative estimate of drug-likeness (QED) is 0.740. The lowest BCUT2D eigenvalue weighted by molar-refractivity contribution is -0.124. The molecule has 0 aliphatic carbocycles. The normalized spacial score (nSPS) is 15.1. The Hall–Kier alpha value is -2.80. The summed E-state index contributed by atoms with van der Waals surface area (Å²) >= 11 is 5.96. The molecule has 1 saturated heterocycles. The first-order valence-electron chi connectivity index (χ1n) is 10.2. The maximum Gasteiger partial charge on any atom is 0.318 e. The number of halogens is 1. The number of pyridine rings is 1. The second kappa shape index (κ2) is 10.3. The molecule has 3 rings (SSSR count). The van der Waals surface area contributed by atoms with Gasteiger partial charge < -0.3 is 20.4 Å². The van der Waals surface area contributed by atoms with E-state index in [1.54, 1.807) is 11.1 Å². The van der Waals surface area contributed by atoms with Crippen LogP contribution in [0.25, 0.3) is 0 Å². The molecule has 1 aliphatic rings. The third-order valence-corrected chi connectivity index (χ3v) is 5.41. The number of urea groups is 1. The maximum atomic E-state index is 12.8. The van der Waals surface area contributed by atoms with E-state index in [1.807, 2.05) is 56.3 Å². The first-order chi connectivity index (χ1) is 14.4. The van der Waals surface area contributed by atoms with E-state index in [0.717, 1.165) is 24.5 Å². The van der Waals surface area contributed by atoms with Crippen LogP contribution in [-0.4, -0.2) is 54.0 Å². The van der Waals surface area contributed by atoms with Gasteiger partial charge in [-0.25, -0.2) is 4.79 Å². The zero-order valence-corrected chi connectivity index (χ0v) is 18.1. The molecule has 30 heavy (non-hydrogen) atoms. The zero-order valence-electron chi connectivity index (χ0n) is 17.3. The van der Waals surface area contributed by atoms with Crippen molar-refractivity contribution in [1.29, 1.82) is 0 Å². The molecule has 0 radical (unpaired) electrons. The second-order valence-corrected chi connectivity index (χ2v) is 8.10. The summed E-state index contributed by atoms with van der Waals surface area (Å²) in [4.78, 5) is 33.6. The Bertz CT molecular complexity index is 836. The van der Waals surface area contributed by atoms with Crippen molar-refractivity contribution in [3.8, 4) is 0 Å². The molecule has 1 aliphatic heterocycles. The molecule has 1 atom stereocenters. The minimum Gasteiger partial charge on any atom is -0.368 e. The third kappa shape index (κ3) is 5.86. The van der Waals surface area contributed by atoms with Gasteiger partial charge in [-0.2, -0.15) is 0 Å². The number of aromatic nitrogens is 1. The van der Waals surface area contributed by atoms with Crippen LogP contribution in [0, 0.1) is 5.92 Å². The van der Waals surface area contributed by atoms with Gasteiger partial charge in [-0.3, -0.25) is 9.78 Å². The number of anilines is 1. The molecule has 1 aromatic heterocycles. The zero-order chi connectivity index (χ0) is 21.5. The number of hydrogen-bond donors (Lipinski definition) is 2. The van der Waals surface area contributed by atoms with Crippen LogP contribution in [0.1, 0.15) is 19.5 Å². The highest BCUT2D eigenvalue weighted by atomic mass is 35.5. The van der Waals surface area contributed by atoms with Gasteiger partial charge in [-0.15, -0.1) is 0 Å². The Kier molecular flexibility index (Phi) is 7.52. The second-order valence-electron chi connectivity index (χ2n) is 7.66. The molecule has 0 bridgehead atoms. The van der Waals surface area contributed by atoms with Crippen LogP contribution in [0.5, 0.6) is 0 Å². The number of nitrogens with one attached hydrogen (secondary N) is 2. The van der Waals surface area contributed by atoms with Crippen LogP contribution in [0.2, 0.25) is 5.02 Å². The Labute approximate surface area is 182 Å². The summed E-state index contributed by atoms with van der Waals surface area (Å²) in [7, 11) is 0. The Balaban J connectivity index is 1.51. The first-order valence-corrected chi connectivity index (χ1v) is 10.6. The van der Waals surface area contributed by atoms with Crippen LogP contribution >= 0.6 is 11.6 Å². The van der Waals surface area contributed by atoms with Crippen LogP contribution in [0.4, 0.5) is 10.5 Å². The van der Waals surface area contributed by atoms with Gasteiger partial charge in [0.1, 0.15) is 6.04 Å². The van der Waals surface area contributed by atoms with Crippen molar-refractivity contribution in [3.63, 3.8) is 0 Å². The molecule has 2 aromatic rings. The lowest BCUT2D eigenvalue weighted by Crippen LogP contribution is -2.57. The van der Waals surface area contributed by atoms with Crippen molar-refractivity contribution in [1.82, 2.24) is 20.5 Å². The predicted molar refractivity (Wildman–Crippen MR) is 118 cm³/mol. The smallest absolute Gasteiger partial charge is 0.318 e. The van der Waals surface area contributed by atoms with Gasteiger partial charge in [0.05, 0.1) is 12.2 Å². The van der Waals surface area contributed by atoms with Crippen LogP contribution in [0.3, 0.4) is 0 Å². The Morgan fingerprint density at radius 1 is 1.07 bits per heavy atom. The van der Waals surface area contributed by atoms with Gasteiger partial charge in [0, 0.05) is 43.1 Å². The van der Waals surface area contributed by atoms with Crippen LogP contribution in [-0.2, 0) is 11.3 Å². The van der Waals surface area contributed by atoms with Crippen molar-refractivity contribution < 1.29 is 9.59 Å². The van der Waals surface area contributed by atoms with Crippen molar-refractivity contribution in [3.05, 3.63) is 59.4 Å². The Morgan fingerprint density at radius 3 is 2.37 bits per heavy atom. The summed E-state index contributed by atoms with van der Waals surface area (Å²) in [6.07, 6.45) is 1.69. The van der Waals surface area contributed by atoms with E-state index < -0.39 is 6.04 Å². The van der Waals surface area contributed by atoms with Crippen molar-refractivity contribution >= 4 is 29.2 Å². The molecule has 0 saturated carbocycles. The van der Waals surface area contributed by atoms with E-state index in [0.29, 0.717) is 24.7 Å². The SMILES string of the molecule is CC(C)[C@H](NC(=O)N1CCN(c2ccc(Cl)cc2)CC1)C(=O)NCc1ccccn1. The topological polar surface area (TPSA) is 77.6 Å². The standard InChI is InChI=1S/C22H28ClN5O2/c1-16(2)20(21(29)25-15-18-5-3-4-10-24-18)26-22(30)28-13-11-27(12-14-28)19-8-6-17(23)7-9-19/h3-10,16,20H,11-15H2,1-2H3,(H,25,29)(H,26,30)/t20-/m0/s1. The van der Waals surface area contributed by atoms with Crippen LogP contribution in [0.15, 0.2) is 48.7 Å². The van der Waals surface area contributed by atoms with Crippen molar-refractivity contribution in [2.75, 3.05) is 31.1 Å². The summed E-state index contributed by atoms with van der Waals surface area (Å²) in [5.74, 6) is -0.239. The van der Waals surface area contributed by atoms with Crippen molar-refractivity contribution in [2.24, 2.45) is 5.92 Å². The molecule has 1 aromatic carbocycles. The lowest BCUT2D eigenvalue weighted by atomic mass is 10.0. The fourth-order valence-electron chi connectivity index (χ4n) is 3.37. The molecule has 8 heteroatoms. The number of piperazine rings is 1. The summed E-state index contributed by atoms with van der Waals surface area (Å²) < 4.78 is 0.